The number of nitrogens with zero attached hydrogens (tertiary/aromatic N) is 3. The molecule has 1 aromatic heterocycles. The first kappa shape index (κ1) is 12.5. The standard InChI is InChI=1S/C11H20N4O/c1-5-14(6-2)10(16)7-15-9(4)11(12)8(3)13-15/h5-7,12H2,1-4H3. The fraction of sp³-hybridized carbons (Fsp3) is 0.636. The third-order valence-corrected chi connectivity index (χ3v) is 2.84. The molecule has 1 aromatic rings. The second-order valence-electron chi connectivity index (χ2n) is 3.81. The summed E-state index contributed by atoms with van der Waals surface area (Å²) in [5.74, 6) is 0.0793. The first-order chi connectivity index (χ1) is 7.51. The Kier molecular flexibility index (Phi) is 3.93. The van der Waals surface area contributed by atoms with E-state index in [-0.39, 0.29) is 12.5 Å². The lowest BCUT2D eigenvalue weighted by Gasteiger charge is -2.18. The van der Waals surface area contributed by atoms with Crippen LogP contribution >= 0.6 is 0 Å². The number of amides is 1. The Bertz CT molecular complexity index is 380. The minimum Gasteiger partial charge on any atom is -0.396 e. The minimum atomic E-state index is 0.0793. The maximum absolute atomic E-state index is 11.9. The highest BCUT2D eigenvalue weighted by molar-refractivity contribution is 5.76. The van der Waals surface area contributed by atoms with Crippen molar-refractivity contribution in [3.05, 3.63) is 11.4 Å². The van der Waals surface area contributed by atoms with Gasteiger partial charge in [-0.05, 0) is 27.7 Å². The van der Waals surface area contributed by atoms with Gasteiger partial charge in [-0.1, -0.05) is 0 Å². The van der Waals surface area contributed by atoms with Crippen molar-refractivity contribution in [1.82, 2.24) is 14.7 Å². The summed E-state index contributed by atoms with van der Waals surface area (Å²) in [5, 5.41) is 4.24. The molecule has 0 aliphatic carbocycles. The van der Waals surface area contributed by atoms with Gasteiger partial charge in [-0.15, -0.1) is 0 Å². The molecule has 0 fully saturated rings. The fourth-order valence-corrected chi connectivity index (χ4v) is 1.67. The molecule has 0 saturated carbocycles. The van der Waals surface area contributed by atoms with Crippen molar-refractivity contribution in [2.75, 3.05) is 18.8 Å². The molecule has 0 aliphatic heterocycles. The topological polar surface area (TPSA) is 64.2 Å². The number of hydrogen-bond acceptors (Lipinski definition) is 3. The fourth-order valence-electron chi connectivity index (χ4n) is 1.67. The van der Waals surface area contributed by atoms with Gasteiger partial charge in [0.05, 0.1) is 17.1 Å². The van der Waals surface area contributed by atoms with Crippen molar-refractivity contribution in [1.29, 1.82) is 0 Å². The van der Waals surface area contributed by atoms with Gasteiger partial charge in [-0.3, -0.25) is 9.48 Å². The molecular weight excluding hydrogens is 204 g/mol. The molecule has 1 amide bonds. The highest BCUT2D eigenvalue weighted by Crippen LogP contribution is 2.14. The van der Waals surface area contributed by atoms with Crippen molar-refractivity contribution >= 4 is 11.6 Å². The summed E-state index contributed by atoms with van der Waals surface area (Å²) in [6.45, 7) is 9.39. The molecule has 0 bridgehead atoms. The third-order valence-electron chi connectivity index (χ3n) is 2.84. The largest absolute Gasteiger partial charge is 0.396 e. The number of aryl methyl sites for hydroxylation is 1. The van der Waals surface area contributed by atoms with Gasteiger partial charge in [0.1, 0.15) is 6.54 Å². The van der Waals surface area contributed by atoms with Crippen LogP contribution in [0, 0.1) is 13.8 Å². The summed E-state index contributed by atoms with van der Waals surface area (Å²) in [5.41, 5.74) is 8.13. The van der Waals surface area contributed by atoms with Gasteiger partial charge in [-0.2, -0.15) is 5.10 Å². The number of hydrogen-bond donors (Lipinski definition) is 1. The highest BCUT2D eigenvalue weighted by Gasteiger charge is 2.14. The molecule has 5 heteroatoms. The summed E-state index contributed by atoms with van der Waals surface area (Å²) < 4.78 is 1.67. The maximum atomic E-state index is 11.9. The normalized spacial score (nSPS) is 10.5. The zero-order valence-electron chi connectivity index (χ0n) is 10.4. The van der Waals surface area contributed by atoms with Crippen LogP contribution in [-0.4, -0.2) is 33.7 Å². The van der Waals surface area contributed by atoms with Crippen LogP contribution in [0.3, 0.4) is 0 Å². The molecule has 0 atom stereocenters. The van der Waals surface area contributed by atoms with Crippen molar-refractivity contribution in [2.24, 2.45) is 0 Å². The van der Waals surface area contributed by atoms with Crippen LogP contribution < -0.4 is 5.73 Å². The summed E-state index contributed by atoms with van der Waals surface area (Å²) in [7, 11) is 0. The number of carbonyl (C=O) groups excluding carboxylic acids is 1. The molecule has 1 heterocycles. The third kappa shape index (κ3) is 2.35. The number of likely N-dealkylation sites (N-methyl/N-ethyl adjacent to an activating group) is 1. The molecule has 0 saturated heterocycles. The predicted octanol–water partition coefficient (Wildman–Crippen LogP) is 0.951. The van der Waals surface area contributed by atoms with E-state index in [4.69, 9.17) is 5.73 Å². The average molecular weight is 224 g/mol. The molecule has 0 aromatic carbocycles. The Morgan fingerprint density at radius 3 is 2.31 bits per heavy atom. The second kappa shape index (κ2) is 5.01. The lowest BCUT2D eigenvalue weighted by molar-refractivity contribution is -0.131. The van der Waals surface area contributed by atoms with E-state index in [9.17, 15) is 4.79 Å². The van der Waals surface area contributed by atoms with E-state index < -0.39 is 0 Å². The van der Waals surface area contributed by atoms with Crippen LogP contribution in [0.2, 0.25) is 0 Å². The number of anilines is 1. The molecule has 0 spiro atoms. The Morgan fingerprint density at radius 1 is 1.38 bits per heavy atom. The van der Waals surface area contributed by atoms with Crippen LogP contribution in [-0.2, 0) is 11.3 Å². The first-order valence-corrected chi connectivity index (χ1v) is 5.58. The molecular formula is C11H20N4O. The first-order valence-electron chi connectivity index (χ1n) is 5.58. The van der Waals surface area contributed by atoms with Gasteiger partial charge >= 0.3 is 0 Å². The van der Waals surface area contributed by atoms with E-state index in [0.29, 0.717) is 5.69 Å². The summed E-state index contributed by atoms with van der Waals surface area (Å²) in [6, 6.07) is 0. The Hall–Kier alpha value is -1.52. The molecule has 2 N–H and O–H groups in total. The number of nitrogen functional groups attached to an aromatic ring is 1. The molecule has 16 heavy (non-hydrogen) atoms. The maximum Gasteiger partial charge on any atom is 0.244 e. The Balaban J connectivity index is 2.80. The summed E-state index contributed by atoms with van der Waals surface area (Å²) >= 11 is 0. The van der Waals surface area contributed by atoms with Crippen molar-refractivity contribution in [3.63, 3.8) is 0 Å². The van der Waals surface area contributed by atoms with Crippen LogP contribution in [0.15, 0.2) is 0 Å². The molecule has 5 nitrogen and oxygen atoms in total. The van der Waals surface area contributed by atoms with Gasteiger partial charge in [0.15, 0.2) is 0 Å². The van der Waals surface area contributed by atoms with Crippen molar-refractivity contribution in [2.45, 2.75) is 34.2 Å². The van der Waals surface area contributed by atoms with Gasteiger partial charge in [0.2, 0.25) is 5.91 Å². The predicted molar refractivity (Wildman–Crippen MR) is 64.0 cm³/mol. The van der Waals surface area contributed by atoms with Crippen molar-refractivity contribution in [3.8, 4) is 0 Å². The Morgan fingerprint density at radius 2 is 1.94 bits per heavy atom. The highest BCUT2D eigenvalue weighted by atomic mass is 16.2. The SMILES string of the molecule is CCN(CC)C(=O)Cn1nc(C)c(N)c1C. The van der Waals surface area contributed by atoms with Crippen LogP contribution in [0.25, 0.3) is 0 Å². The van der Waals surface area contributed by atoms with E-state index in [2.05, 4.69) is 5.10 Å². The lowest BCUT2D eigenvalue weighted by Crippen LogP contribution is -2.33. The number of nitrogens with two attached hydrogens (primary N) is 1. The van der Waals surface area contributed by atoms with E-state index in [1.165, 1.54) is 0 Å². The monoisotopic (exact) mass is 224 g/mol. The van der Waals surface area contributed by atoms with E-state index >= 15 is 0 Å². The number of carbonyl (C=O) groups is 1. The van der Waals surface area contributed by atoms with Gasteiger partial charge in [-0.25, -0.2) is 0 Å². The van der Waals surface area contributed by atoms with E-state index in [1.807, 2.05) is 27.7 Å². The molecule has 0 unspecified atom stereocenters. The van der Waals surface area contributed by atoms with E-state index in [0.717, 1.165) is 24.5 Å². The molecule has 90 valence electrons. The summed E-state index contributed by atoms with van der Waals surface area (Å²) in [4.78, 5) is 13.7. The lowest BCUT2D eigenvalue weighted by atomic mass is 10.3. The average Bonchev–Trinajstić information content (AvgIpc) is 2.48. The Labute approximate surface area is 96.2 Å². The summed E-state index contributed by atoms with van der Waals surface area (Å²) in [6.07, 6.45) is 0. The van der Waals surface area contributed by atoms with Crippen LogP contribution in [0.1, 0.15) is 25.2 Å². The quantitative estimate of drug-likeness (QED) is 0.828. The zero-order chi connectivity index (χ0) is 12.3. The molecule has 0 radical (unpaired) electrons. The van der Waals surface area contributed by atoms with Gasteiger partial charge in [0.25, 0.3) is 0 Å². The zero-order valence-corrected chi connectivity index (χ0v) is 10.4. The van der Waals surface area contributed by atoms with E-state index in [1.54, 1.807) is 9.58 Å². The number of aromatic nitrogens is 2. The smallest absolute Gasteiger partial charge is 0.244 e. The van der Waals surface area contributed by atoms with Crippen molar-refractivity contribution < 1.29 is 4.79 Å². The molecule has 0 aliphatic rings. The molecule has 1 rings (SSSR count). The minimum absolute atomic E-state index is 0.0793. The van der Waals surface area contributed by atoms with Gasteiger partial charge in [0, 0.05) is 13.1 Å². The second-order valence-corrected chi connectivity index (χ2v) is 3.81. The number of rotatable bonds is 4. The van der Waals surface area contributed by atoms with Crippen LogP contribution in [0.5, 0.6) is 0 Å². The van der Waals surface area contributed by atoms with Crippen LogP contribution in [0.4, 0.5) is 5.69 Å². The van der Waals surface area contributed by atoms with Gasteiger partial charge < -0.3 is 10.6 Å².